The average Bonchev–Trinajstić information content (AvgIpc) is 2.29. The van der Waals surface area contributed by atoms with Crippen molar-refractivity contribution >= 4 is 23.2 Å². The fourth-order valence-electron chi connectivity index (χ4n) is 1.26. The van der Waals surface area contributed by atoms with Crippen LogP contribution in [0.15, 0.2) is 6.07 Å². The summed E-state index contributed by atoms with van der Waals surface area (Å²) in [6.45, 7) is 7.64. The first-order valence-corrected chi connectivity index (χ1v) is 5.96. The quantitative estimate of drug-likeness (QED) is 0.791. The molecule has 0 unspecified atom stereocenters. The molecule has 0 amide bonds. The molecule has 0 saturated heterocycles. The van der Waals surface area contributed by atoms with Crippen molar-refractivity contribution in [1.29, 1.82) is 0 Å². The Morgan fingerprint density at radius 1 is 1.25 bits per heavy atom. The Morgan fingerprint density at radius 2 is 1.94 bits per heavy atom. The van der Waals surface area contributed by atoms with Gasteiger partial charge in [0.15, 0.2) is 16.1 Å². The molecule has 0 saturated carbocycles. The molecular formula is C10H15Cl2N3O. The summed E-state index contributed by atoms with van der Waals surface area (Å²) < 4.78 is 5.49. The van der Waals surface area contributed by atoms with E-state index in [1.54, 1.807) is 6.07 Å². The second kappa shape index (κ2) is 6.89. The zero-order valence-corrected chi connectivity index (χ0v) is 10.9. The molecular weight excluding hydrogens is 249 g/mol. The summed E-state index contributed by atoms with van der Waals surface area (Å²) >= 11 is 11.5. The smallest absolute Gasteiger partial charge is 0.193 e. The third kappa shape index (κ3) is 4.12. The monoisotopic (exact) mass is 263 g/mol. The van der Waals surface area contributed by atoms with E-state index in [0.29, 0.717) is 12.4 Å². The molecule has 0 aliphatic carbocycles. The average molecular weight is 264 g/mol. The topological polar surface area (TPSA) is 38.2 Å². The van der Waals surface area contributed by atoms with Crippen molar-refractivity contribution in [3.63, 3.8) is 0 Å². The van der Waals surface area contributed by atoms with E-state index in [0.717, 1.165) is 19.6 Å². The number of rotatable bonds is 6. The van der Waals surface area contributed by atoms with Gasteiger partial charge in [-0.3, -0.25) is 0 Å². The largest absolute Gasteiger partial charge is 0.489 e. The van der Waals surface area contributed by atoms with E-state index < -0.39 is 0 Å². The van der Waals surface area contributed by atoms with Crippen LogP contribution in [-0.4, -0.2) is 41.3 Å². The first-order valence-electron chi connectivity index (χ1n) is 5.21. The first kappa shape index (κ1) is 13.5. The van der Waals surface area contributed by atoms with Gasteiger partial charge in [0.1, 0.15) is 6.61 Å². The van der Waals surface area contributed by atoms with Crippen LogP contribution in [0, 0.1) is 0 Å². The molecule has 0 atom stereocenters. The number of ether oxygens (including phenoxy) is 1. The highest BCUT2D eigenvalue weighted by Gasteiger charge is 2.06. The van der Waals surface area contributed by atoms with Gasteiger partial charge in [-0.2, -0.15) is 0 Å². The van der Waals surface area contributed by atoms with Crippen LogP contribution in [-0.2, 0) is 0 Å². The number of aromatic nitrogens is 2. The molecule has 0 fully saturated rings. The van der Waals surface area contributed by atoms with Crippen molar-refractivity contribution in [3.05, 3.63) is 16.4 Å². The summed E-state index contributed by atoms with van der Waals surface area (Å²) in [5, 5.41) is 7.79. The van der Waals surface area contributed by atoms with Gasteiger partial charge in [0.25, 0.3) is 0 Å². The van der Waals surface area contributed by atoms with Gasteiger partial charge in [-0.1, -0.05) is 37.0 Å². The lowest BCUT2D eigenvalue weighted by Gasteiger charge is -2.18. The van der Waals surface area contributed by atoms with E-state index in [1.165, 1.54) is 0 Å². The number of likely N-dealkylation sites (N-methyl/N-ethyl adjacent to an activating group) is 1. The highest BCUT2D eigenvalue weighted by atomic mass is 35.5. The molecule has 1 aromatic heterocycles. The van der Waals surface area contributed by atoms with E-state index in [9.17, 15) is 0 Å². The number of nitrogens with zero attached hydrogens (tertiary/aromatic N) is 3. The maximum absolute atomic E-state index is 5.81. The Bertz CT molecular complexity index is 332. The van der Waals surface area contributed by atoms with Crippen molar-refractivity contribution in [3.8, 4) is 5.75 Å². The Hall–Kier alpha value is -0.580. The van der Waals surface area contributed by atoms with Crippen molar-refractivity contribution in [2.75, 3.05) is 26.2 Å². The number of halogens is 2. The van der Waals surface area contributed by atoms with Gasteiger partial charge in [-0.05, 0) is 13.1 Å². The predicted octanol–water partition coefficient (Wildman–Crippen LogP) is 2.50. The Kier molecular flexibility index (Phi) is 5.80. The van der Waals surface area contributed by atoms with Crippen LogP contribution in [0.4, 0.5) is 0 Å². The molecule has 0 N–H and O–H groups in total. The molecule has 90 valence electrons. The lowest BCUT2D eigenvalue weighted by atomic mass is 10.5. The minimum atomic E-state index is 0.240. The van der Waals surface area contributed by atoms with E-state index in [-0.39, 0.29) is 10.3 Å². The molecule has 0 radical (unpaired) electrons. The first-order chi connectivity index (χ1) is 7.67. The molecule has 0 aliphatic rings. The molecule has 1 aromatic rings. The van der Waals surface area contributed by atoms with Gasteiger partial charge in [0.2, 0.25) is 0 Å². The number of hydrogen-bond donors (Lipinski definition) is 0. The summed E-state index contributed by atoms with van der Waals surface area (Å²) in [6.07, 6.45) is 0. The van der Waals surface area contributed by atoms with Gasteiger partial charge in [0.05, 0.1) is 0 Å². The standard InChI is InChI=1S/C10H15Cl2N3O/c1-3-15(4-2)5-6-16-8-7-9(11)13-14-10(8)12/h7H,3-6H2,1-2H3. The Labute approximate surface area is 106 Å². The van der Waals surface area contributed by atoms with Crippen molar-refractivity contribution in [1.82, 2.24) is 15.1 Å². The summed E-state index contributed by atoms with van der Waals surface area (Å²) in [5.74, 6) is 0.480. The van der Waals surface area contributed by atoms with Crippen molar-refractivity contribution < 1.29 is 4.74 Å². The number of hydrogen-bond acceptors (Lipinski definition) is 4. The second-order valence-corrected chi connectivity index (χ2v) is 3.94. The third-order valence-electron chi connectivity index (χ3n) is 2.25. The normalized spacial score (nSPS) is 10.8. The lowest BCUT2D eigenvalue weighted by molar-refractivity contribution is 0.222. The minimum Gasteiger partial charge on any atom is -0.489 e. The van der Waals surface area contributed by atoms with Crippen LogP contribution in [0.5, 0.6) is 5.75 Å². The highest BCUT2D eigenvalue weighted by Crippen LogP contribution is 2.23. The van der Waals surface area contributed by atoms with Crippen LogP contribution < -0.4 is 4.74 Å². The maximum atomic E-state index is 5.81. The summed E-state index contributed by atoms with van der Waals surface area (Å²) in [6, 6.07) is 1.57. The van der Waals surface area contributed by atoms with Crippen LogP contribution in [0.2, 0.25) is 10.3 Å². The summed E-state index contributed by atoms with van der Waals surface area (Å²) in [7, 11) is 0. The molecule has 4 nitrogen and oxygen atoms in total. The molecule has 1 heterocycles. The van der Waals surface area contributed by atoms with Crippen LogP contribution in [0.25, 0.3) is 0 Å². The van der Waals surface area contributed by atoms with E-state index >= 15 is 0 Å². The van der Waals surface area contributed by atoms with Gasteiger partial charge in [-0.15, -0.1) is 10.2 Å². The summed E-state index contributed by atoms with van der Waals surface area (Å²) in [4.78, 5) is 2.25. The Morgan fingerprint density at radius 3 is 2.56 bits per heavy atom. The molecule has 0 spiro atoms. The van der Waals surface area contributed by atoms with Gasteiger partial charge >= 0.3 is 0 Å². The molecule has 6 heteroatoms. The van der Waals surface area contributed by atoms with Crippen molar-refractivity contribution in [2.45, 2.75) is 13.8 Å². The Balaban J connectivity index is 2.45. The summed E-state index contributed by atoms with van der Waals surface area (Å²) in [5.41, 5.74) is 0. The van der Waals surface area contributed by atoms with Crippen LogP contribution >= 0.6 is 23.2 Å². The van der Waals surface area contributed by atoms with E-state index in [1.807, 2.05) is 0 Å². The highest BCUT2D eigenvalue weighted by molar-refractivity contribution is 6.32. The molecule has 16 heavy (non-hydrogen) atoms. The van der Waals surface area contributed by atoms with Gasteiger partial charge in [0, 0.05) is 12.6 Å². The molecule has 0 aliphatic heterocycles. The SMILES string of the molecule is CCN(CC)CCOc1cc(Cl)nnc1Cl. The van der Waals surface area contributed by atoms with Gasteiger partial charge in [-0.25, -0.2) is 0 Å². The van der Waals surface area contributed by atoms with E-state index in [2.05, 4.69) is 28.9 Å². The molecule has 0 aromatic carbocycles. The zero-order valence-electron chi connectivity index (χ0n) is 9.41. The molecule has 1 rings (SSSR count). The zero-order chi connectivity index (χ0) is 12.0. The third-order valence-corrected chi connectivity index (χ3v) is 2.69. The minimum absolute atomic E-state index is 0.240. The lowest BCUT2D eigenvalue weighted by Crippen LogP contribution is -2.27. The van der Waals surface area contributed by atoms with Gasteiger partial charge < -0.3 is 9.64 Å². The second-order valence-electron chi connectivity index (χ2n) is 3.20. The van der Waals surface area contributed by atoms with E-state index in [4.69, 9.17) is 27.9 Å². The van der Waals surface area contributed by atoms with Crippen LogP contribution in [0.1, 0.15) is 13.8 Å². The fraction of sp³-hybridized carbons (Fsp3) is 0.600. The maximum Gasteiger partial charge on any atom is 0.193 e. The van der Waals surface area contributed by atoms with Crippen LogP contribution in [0.3, 0.4) is 0 Å². The molecule has 0 bridgehead atoms. The fourth-order valence-corrected chi connectivity index (χ4v) is 1.55. The predicted molar refractivity (Wildman–Crippen MR) is 65.3 cm³/mol. The van der Waals surface area contributed by atoms with Crippen molar-refractivity contribution in [2.24, 2.45) is 0 Å².